The van der Waals surface area contributed by atoms with E-state index in [9.17, 15) is 4.79 Å². The molecular formula is C15H22N4O2. The molecule has 0 radical (unpaired) electrons. The summed E-state index contributed by atoms with van der Waals surface area (Å²) < 4.78 is 4.94. The Bertz CT molecular complexity index is 608. The Morgan fingerprint density at radius 1 is 1.10 bits per heavy atom. The van der Waals surface area contributed by atoms with Gasteiger partial charge in [-0.25, -0.2) is 4.98 Å². The van der Waals surface area contributed by atoms with Gasteiger partial charge in [-0.1, -0.05) is 12.1 Å². The molecule has 21 heavy (non-hydrogen) atoms. The zero-order valence-corrected chi connectivity index (χ0v) is 12.5. The van der Waals surface area contributed by atoms with Crippen molar-refractivity contribution in [1.82, 2.24) is 9.97 Å². The number of aromatic nitrogens is 2. The van der Waals surface area contributed by atoms with Crippen molar-refractivity contribution in [3.63, 3.8) is 0 Å². The van der Waals surface area contributed by atoms with Crippen molar-refractivity contribution >= 4 is 0 Å². The molecule has 2 heterocycles. The van der Waals surface area contributed by atoms with Crippen LogP contribution in [0.15, 0.2) is 41.2 Å². The van der Waals surface area contributed by atoms with Crippen molar-refractivity contribution in [1.29, 1.82) is 0 Å². The van der Waals surface area contributed by atoms with Gasteiger partial charge in [0, 0.05) is 29.9 Å². The quantitative estimate of drug-likeness (QED) is 0.794. The lowest BCUT2D eigenvalue weighted by atomic mass is 10.2. The first-order valence-corrected chi connectivity index (χ1v) is 6.65. The van der Waals surface area contributed by atoms with Crippen LogP contribution in [-0.4, -0.2) is 17.1 Å². The van der Waals surface area contributed by atoms with E-state index in [1.165, 1.54) is 6.07 Å². The molecule has 0 fully saturated rings. The van der Waals surface area contributed by atoms with Gasteiger partial charge < -0.3 is 21.2 Å². The number of hydrogen-bond donors (Lipinski definition) is 3. The van der Waals surface area contributed by atoms with Gasteiger partial charge in [0.25, 0.3) is 0 Å². The smallest absolute Gasteiger partial charge is 0.248 e. The van der Waals surface area contributed by atoms with Crippen molar-refractivity contribution in [2.24, 2.45) is 11.5 Å². The average molecular weight is 290 g/mol. The molecule has 0 saturated heterocycles. The second kappa shape index (κ2) is 8.18. The summed E-state index contributed by atoms with van der Waals surface area (Å²) in [5.41, 5.74) is 12.7. The summed E-state index contributed by atoms with van der Waals surface area (Å²) in [4.78, 5) is 17.5. The Morgan fingerprint density at radius 3 is 2.24 bits per heavy atom. The van der Waals surface area contributed by atoms with Crippen LogP contribution in [0.2, 0.25) is 0 Å². The highest BCUT2D eigenvalue weighted by Gasteiger charge is 2.00. The molecule has 2 aromatic heterocycles. The fourth-order valence-corrected chi connectivity index (χ4v) is 1.53. The topological polar surface area (TPSA) is 107 Å². The summed E-state index contributed by atoms with van der Waals surface area (Å²) in [5.74, 6) is 0.611. The summed E-state index contributed by atoms with van der Waals surface area (Å²) >= 11 is 0. The van der Waals surface area contributed by atoms with Crippen LogP contribution < -0.4 is 21.8 Å². The second-order valence-corrected chi connectivity index (χ2v) is 4.65. The van der Waals surface area contributed by atoms with Crippen molar-refractivity contribution in [2.75, 3.05) is 7.11 Å². The SMILES string of the molecule is CC(N)c1cccc(=O)[nH]1.COc1cccc(C(C)N)n1. The molecule has 0 saturated carbocycles. The molecule has 5 N–H and O–H groups in total. The zero-order chi connectivity index (χ0) is 15.8. The van der Waals surface area contributed by atoms with Crippen molar-refractivity contribution < 1.29 is 4.74 Å². The number of aromatic amines is 1. The lowest BCUT2D eigenvalue weighted by Gasteiger charge is -2.05. The third-order valence-corrected chi connectivity index (χ3v) is 2.70. The number of nitrogens with two attached hydrogens (primary N) is 2. The Morgan fingerprint density at radius 2 is 1.76 bits per heavy atom. The third-order valence-electron chi connectivity index (χ3n) is 2.70. The van der Waals surface area contributed by atoms with E-state index < -0.39 is 0 Å². The number of H-pyrrole nitrogens is 1. The highest BCUT2D eigenvalue weighted by molar-refractivity contribution is 5.17. The van der Waals surface area contributed by atoms with Crippen LogP contribution in [0, 0.1) is 0 Å². The molecule has 0 amide bonds. The van der Waals surface area contributed by atoms with Crippen molar-refractivity contribution in [3.8, 4) is 5.88 Å². The molecule has 2 rings (SSSR count). The summed E-state index contributed by atoms with van der Waals surface area (Å²) in [7, 11) is 1.59. The molecule has 0 aliphatic rings. The maximum atomic E-state index is 10.7. The lowest BCUT2D eigenvalue weighted by molar-refractivity contribution is 0.395. The minimum absolute atomic E-state index is 0.0369. The molecule has 114 valence electrons. The van der Waals surface area contributed by atoms with E-state index in [0.29, 0.717) is 5.88 Å². The van der Waals surface area contributed by atoms with Crippen LogP contribution in [0.25, 0.3) is 0 Å². The van der Waals surface area contributed by atoms with Gasteiger partial charge in [-0.2, -0.15) is 0 Å². The molecule has 0 spiro atoms. The first-order chi connectivity index (χ1) is 9.93. The summed E-state index contributed by atoms with van der Waals surface area (Å²) in [5, 5.41) is 0. The molecule has 2 unspecified atom stereocenters. The first kappa shape index (κ1) is 16.9. The number of pyridine rings is 2. The van der Waals surface area contributed by atoms with Crippen LogP contribution in [0.4, 0.5) is 0 Å². The van der Waals surface area contributed by atoms with Gasteiger partial charge in [0.05, 0.1) is 12.8 Å². The van der Waals surface area contributed by atoms with Gasteiger partial charge in [-0.3, -0.25) is 4.79 Å². The molecule has 0 aliphatic carbocycles. The Balaban J connectivity index is 0.000000211. The average Bonchev–Trinajstić information content (AvgIpc) is 2.48. The largest absolute Gasteiger partial charge is 0.481 e. The Labute approximate surface area is 124 Å². The number of nitrogens with one attached hydrogen (secondary N) is 1. The van der Waals surface area contributed by atoms with Crippen LogP contribution in [0.1, 0.15) is 37.3 Å². The van der Waals surface area contributed by atoms with E-state index in [1.807, 2.05) is 26.0 Å². The minimum atomic E-state index is -0.103. The Hall–Kier alpha value is -2.18. The molecule has 0 aliphatic heterocycles. The van der Waals surface area contributed by atoms with Crippen molar-refractivity contribution in [2.45, 2.75) is 25.9 Å². The van der Waals surface area contributed by atoms with E-state index >= 15 is 0 Å². The number of methoxy groups -OCH3 is 1. The van der Waals surface area contributed by atoms with E-state index in [0.717, 1.165) is 11.4 Å². The van der Waals surface area contributed by atoms with E-state index in [-0.39, 0.29) is 17.6 Å². The third kappa shape index (κ3) is 5.76. The maximum Gasteiger partial charge on any atom is 0.248 e. The zero-order valence-electron chi connectivity index (χ0n) is 12.5. The van der Waals surface area contributed by atoms with Gasteiger partial charge in [0.2, 0.25) is 11.4 Å². The first-order valence-electron chi connectivity index (χ1n) is 6.65. The van der Waals surface area contributed by atoms with Crippen molar-refractivity contribution in [3.05, 3.63) is 58.1 Å². The van der Waals surface area contributed by atoms with E-state index in [2.05, 4.69) is 9.97 Å². The van der Waals surface area contributed by atoms with Gasteiger partial charge >= 0.3 is 0 Å². The normalized spacial score (nSPS) is 12.8. The second-order valence-electron chi connectivity index (χ2n) is 4.65. The molecule has 2 aromatic rings. The number of rotatable bonds is 3. The fraction of sp³-hybridized carbons (Fsp3) is 0.333. The van der Waals surface area contributed by atoms with Gasteiger partial charge in [0.1, 0.15) is 0 Å². The number of hydrogen-bond acceptors (Lipinski definition) is 5. The van der Waals surface area contributed by atoms with Crippen LogP contribution in [0.5, 0.6) is 5.88 Å². The highest BCUT2D eigenvalue weighted by Crippen LogP contribution is 2.11. The minimum Gasteiger partial charge on any atom is -0.481 e. The lowest BCUT2D eigenvalue weighted by Crippen LogP contribution is -2.13. The highest BCUT2D eigenvalue weighted by atomic mass is 16.5. The summed E-state index contributed by atoms with van der Waals surface area (Å²) in [6.07, 6.45) is 0. The van der Waals surface area contributed by atoms with Gasteiger partial charge in [0.15, 0.2) is 0 Å². The predicted octanol–water partition coefficient (Wildman–Crippen LogP) is 1.50. The van der Waals surface area contributed by atoms with Crippen LogP contribution in [-0.2, 0) is 0 Å². The number of ether oxygens (including phenoxy) is 1. The molecule has 0 aromatic carbocycles. The molecule has 0 bridgehead atoms. The van der Waals surface area contributed by atoms with Gasteiger partial charge in [-0.05, 0) is 26.0 Å². The summed E-state index contributed by atoms with van der Waals surface area (Å²) in [6.45, 7) is 3.72. The van der Waals surface area contributed by atoms with E-state index in [1.54, 1.807) is 25.3 Å². The van der Waals surface area contributed by atoms with E-state index in [4.69, 9.17) is 16.2 Å². The number of nitrogens with zero attached hydrogens (tertiary/aromatic N) is 1. The molecule has 2 atom stereocenters. The fourth-order valence-electron chi connectivity index (χ4n) is 1.53. The molecule has 6 nitrogen and oxygen atoms in total. The molecule has 6 heteroatoms. The Kier molecular flexibility index (Phi) is 6.58. The monoisotopic (exact) mass is 290 g/mol. The van der Waals surface area contributed by atoms with Crippen LogP contribution in [0.3, 0.4) is 0 Å². The predicted molar refractivity (Wildman–Crippen MR) is 83.1 cm³/mol. The summed E-state index contributed by atoms with van der Waals surface area (Å²) in [6, 6.07) is 10.4. The maximum absolute atomic E-state index is 10.7. The van der Waals surface area contributed by atoms with Crippen LogP contribution >= 0.6 is 0 Å². The standard InChI is InChI=1S/C8H12N2O.C7H10N2O/c1-6(9)7-4-3-5-8(10-7)11-2;1-5(8)6-3-2-4-7(10)9-6/h3-6H,9H2,1-2H3;2-5H,8H2,1H3,(H,9,10). The molecular weight excluding hydrogens is 268 g/mol. The van der Waals surface area contributed by atoms with Gasteiger partial charge in [-0.15, -0.1) is 0 Å².